The zero-order valence-corrected chi connectivity index (χ0v) is 23.1. The minimum atomic E-state index is -3.78. The Kier molecular flexibility index (Phi) is 9.44. The van der Waals surface area contributed by atoms with Gasteiger partial charge in [-0.15, -0.1) is 0 Å². The van der Waals surface area contributed by atoms with Crippen molar-refractivity contribution >= 4 is 21.5 Å². The number of anilines is 1. The topological polar surface area (TPSA) is 168 Å². The number of carboxylic acids is 1. The van der Waals surface area contributed by atoms with Gasteiger partial charge in [-0.05, 0) is 73.4 Å². The van der Waals surface area contributed by atoms with Crippen molar-refractivity contribution in [1.82, 2.24) is 5.32 Å². The first-order valence-electron chi connectivity index (χ1n) is 12.2. The van der Waals surface area contributed by atoms with Crippen LogP contribution in [0.3, 0.4) is 0 Å². The summed E-state index contributed by atoms with van der Waals surface area (Å²) in [6, 6.07) is 13.2. The van der Waals surface area contributed by atoms with E-state index >= 15 is 0 Å². The van der Waals surface area contributed by atoms with E-state index in [1.54, 1.807) is 19.1 Å². The van der Waals surface area contributed by atoms with E-state index in [-0.39, 0.29) is 11.3 Å². The van der Waals surface area contributed by atoms with Gasteiger partial charge in [-0.2, -0.15) is 0 Å². The van der Waals surface area contributed by atoms with Gasteiger partial charge in [0.2, 0.25) is 0 Å². The van der Waals surface area contributed by atoms with E-state index in [9.17, 15) is 23.4 Å². The van der Waals surface area contributed by atoms with Crippen molar-refractivity contribution in [2.75, 3.05) is 31.7 Å². The summed E-state index contributed by atoms with van der Waals surface area (Å²) in [6.07, 6.45) is -0.171. The number of aliphatic hydroxyl groups is 1. The van der Waals surface area contributed by atoms with Crippen LogP contribution in [0.5, 0.6) is 17.2 Å². The fourth-order valence-corrected chi connectivity index (χ4v) is 5.38. The number of phenols is 1. The van der Waals surface area contributed by atoms with Gasteiger partial charge in [-0.1, -0.05) is 18.2 Å². The molecule has 0 unspecified atom stereocenters. The Morgan fingerprint density at radius 1 is 1.03 bits per heavy atom. The first-order valence-corrected chi connectivity index (χ1v) is 14.1. The number of ether oxygens (including phenoxy) is 2. The number of carboxylic acid groups (broad SMARTS) is 1. The molecule has 3 aromatic rings. The van der Waals surface area contributed by atoms with Gasteiger partial charge in [0.25, 0.3) is 0 Å². The Labute approximate surface area is 227 Å². The summed E-state index contributed by atoms with van der Waals surface area (Å²) in [5, 5.41) is 32.6. The number of aryl methyl sites for hydroxylation is 2. The lowest BCUT2D eigenvalue weighted by atomic mass is 9.95. The molecular formula is C28H34N2O8S. The largest absolute Gasteiger partial charge is 0.507 e. The smallest absolute Gasteiger partial charge is 0.341 e. The van der Waals surface area contributed by atoms with Crippen LogP contribution in [0.15, 0.2) is 53.4 Å². The van der Waals surface area contributed by atoms with Gasteiger partial charge < -0.3 is 35.8 Å². The molecule has 3 aromatic carbocycles. The lowest BCUT2D eigenvalue weighted by Crippen LogP contribution is -2.35. The van der Waals surface area contributed by atoms with E-state index in [1.807, 2.05) is 38.1 Å². The summed E-state index contributed by atoms with van der Waals surface area (Å²) in [5.74, 6) is -0.330. The SMILES string of the molecule is Cc1cc(OCCN[C@@H](C)[C@H](O)c2ccc(O)c(S(C)(=O)=O)c2N)cc(C)c1-c1ccc(OCC(=O)O)cc1. The van der Waals surface area contributed by atoms with Crippen LogP contribution in [0.2, 0.25) is 0 Å². The molecule has 0 heterocycles. The lowest BCUT2D eigenvalue weighted by molar-refractivity contribution is -0.139. The van der Waals surface area contributed by atoms with Crippen molar-refractivity contribution in [2.24, 2.45) is 0 Å². The molecule has 0 bridgehead atoms. The van der Waals surface area contributed by atoms with Gasteiger partial charge in [0.1, 0.15) is 28.8 Å². The Morgan fingerprint density at radius 2 is 1.64 bits per heavy atom. The van der Waals surface area contributed by atoms with E-state index in [4.69, 9.17) is 20.3 Å². The van der Waals surface area contributed by atoms with E-state index in [0.717, 1.165) is 28.5 Å². The molecule has 0 fully saturated rings. The van der Waals surface area contributed by atoms with Crippen molar-refractivity contribution in [3.63, 3.8) is 0 Å². The maximum Gasteiger partial charge on any atom is 0.341 e. The number of aliphatic carboxylic acids is 1. The molecule has 11 heteroatoms. The van der Waals surface area contributed by atoms with Crippen LogP contribution in [0.4, 0.5) is 5.69 Å². The first-order chi connectivity index (χ1) is 18.3. The average molecular weight is 559 g/mol. The summed E-state index contributed by atoms with van der Waals surface area (Å²) in [4.78, 5) is 10.3. The van der Waals surface area contributed by atoms with Gasteiger partial charge in [-0.25, -0.2) is 13.2 Å². The highest BCUT2D eigenvalue weighted by Crippen LogP contribution is 2.35. The van der Waals surface area contributed by atoms with Crippen LogP contribution in [-0.4, -0.2) is 61.8 Å². The molecule has 0 aliphatic rings. The van der Waals surface area contributed by atoms with E-state index < -0.39 is 45.2 Å². The summed E-state index contributed by atoms with van der Waals surface area (Å²) >= 11 is 0. The lowest BCUT2D eigenvalue weighted by Gasteiger charge is -2.23. The summed E-state index contributed by atoms with van der Waals surface area (Å²) in [5.41, 5.74) is 10.0. The predicted molar refractivity (Wildman–Crippen MR) is 148 cm³/mol. The molecular weight excluding hydrogens is 524 g/mol. The molecule has 0 saturated heterocycles. The fourth-order valence-electron chi connectivity index (χ4n) is 4.41. The van der Waals surface area contributed by atoms with Crippen molar-refractivity contribution in [3.8, 4) is 28.4 Å². The molecule has 0 spiro atoms. The minimum Gasteiger partial charge on any atom is -0.507 e. The number of sulfone groups is 1. The molecule has 210 valence electrons. The van der Waals surface area contributed by atoms with Crippen molar-refractivity contribution in [1.29, 1.82) is 0 Å². The van der Waals surface area contributed by atoms with Gasteiger partial charge in [0, 0.05) is 24.4 Å². The molecule has 10 nitrogen and oxygen atoms in total. The van der Waals surface area contributed by atoms with Gasteiger partial charge in [0.15, 0.2) is 16.4 Å². The third-order valence-corrected chi connectivity index (χ3v) is 7.39. The second-order valence-electron chi connectivity index (χ2n) is 9.36. The molecule has 6 N–H and O–H groups in total. The monoisotopic (exact) mass is 558 g/mol. The van der Waals surface area contributed by atoms with Gasteiger partial charge >= 0.3 is 5.97 Å². The normalized spacial score (nSPS) is 13.1. The first kappa shape index (κ1) is 29.8. The van der Waals surface area contributed by atoms with E-state index in [2.05, 4.69) is 5.32 Å². The minimum absolute atomic E-state index is 0.177. The summed E-state index contributed by atoms with van der Waals surface area (Å²) in [7, 11) is -3.78. The Bertz CT molecular complexity index is 1420. The number of rotatable bonds is 12. The number of aromatic hydroxyl groups is 1. The van der Waals surface area contributed by atoms with Crippen LogP contribution in [0.1, 0.15) is 29.7 Å². The molecule has 0 aliphatic carbocycles. The van der Waals surface area contributed by atoms with Crippen molar-refractivity contribution < 1.29 is 38.0 Å². The Balaban J connectivity index is 1.60. The van der Waals surface area contributed by atoms with Crippen molar-refractivity contribution in [3.05, 3.63) is 65.2 Å². The maximum atomic E-state index is 12.0. The molecule has 3 rings (SSSR count). The molecule has 0 saturated carbocycles. The quantitative estimate of drug-likeness (QED) is 0.164. The maximum absolute atomic E-state index is 12.0. The third-order valence-electron chi connectivity index (χ3n) is 6.22. The van der Waals surface area contributed by atoms with Crippen LogP contribution in [-0.2, 0) is 14.6 Å². The number of hydrogen-bond acceptors (Lipinski definition) is 9. The fraction of sp³-hybridized carbons (Fsp3) is 0.321. The third kappa shape index (κ3) is 7.41. The van der Waals surface area contributed by atoms with Crippen LogP contribution < -0.4 is 20.5 Å². The highest BCUT2D eigenvalue weighted by molar-refractivity contribution is 7.91. The molecule has 0 aromatic heterocycles. The van der Waals surface area contributed by atoms with Crippen LogP contribution >= 0.6 is 0 Å². The molecule has 2 atom stereocenters. The Morgan fingerprint density at radius 3 is 2.21 bits per heavy atom. The van der Waals surface area contributed by atoms with Crippen LogP contribution in [0.25, 0.3) is 11.1 Å². The average Bonchev–Trinajstić information content (AvgIpc) is 2.84. The zero-order chi connectivity index (χ0) is 28.9. The summed E-state index contributed by atoms with van der Waals surface area (Å²) in [6.45, 7) is 6.00. The molecule has 39 heavy (non-hydrogen) atoms. The number of nitrogens with one attached hydrogen (secondary N) is 1. The highest BCUT2D eigenvalue weighted by atomic mass is 32.2. The summed E-state index contributed by atoms with van der Waals surface area (Å²) < 4.78 is 35.1. The number of benzene rings is 3. The second kappa shape index (κ2) is 12.4. The highest BCUT2D eigenvalue weighted by Gasteiger charge is 2.25. The molecule has 0 radical (unpaired) electrons. The number of hydrogen-bond donors (Lipinski definition) is 5. The number of carbonyl (C=O) groups is 1. The number of nitrogen functional groups attached to an aromatic ring is 1. The standard InChI is InChI=1S/C28H34N2O8S/c1-16-13-21(14-17(2)25(16)19-5-7-20(8-6-19)38-15-24(32)33)37-12-11-30-18(3)27(34)22-9-10-23(31)28(26(22)29)39(4,35)36/h5-10,13-14,18,27,30-31,34H,11-12,15,29H2,1-4H3,(H,32,33)/t18-,27-/m0/s1. The van der Waals surface area contributed by atoms with Crippen LogP contribution in [0, 0.1) is 13.8 Å². The van der Waals surface area contributed by atoms with Gasteiger partial charge in [-0.3, -0.25) is 0 Å². The zero-order valence-electron chi connectivity index (χ0n) is 22.3. The van der Waals surface area contributed by atoms with E-state index in [0.29, 0.717) is 24.7 Å². The van der Waals surface area contributed by atoms with Gasteiger partial charge in [0.05, 0.1) is 11.8 Å². The molecule has 0 aliphatic heterocycles. The number of phenolic OH excluding ortho intramolecular Hbond substituents is 1. The molecule has 0 amide bonds. The van der Waals surface area contributed by atoms with Crippen molar-refractivity contribution in [2.45, 2.75) is 37.8 Å². The number of aliphatic hydroxyl groups excluding tert-OH is 1. The second-order valence-corrected chi connectivity index (χ2v) is 11.3. The van der Waals surface area contributed by atoms with E-state index in [1.165, 1.54) is 12.1 Å². The Hall–Kier alpha value is -3.80. The predicted octanol–water partition coefficient (Wildman–Crippen LogP) is 3.22. The number of nitrogens with two attached hydrogens (primary N) is 1.